The molecule has 23 heavy (non-hydrogen) atoms. The average molecular weight is 316 g/mol. The third kappa shape index (κ3) is 2.80. The fourth-order valence-electron chi connectivity index (χ4n) is 2.39. The van der Waals surface area contributed by atoms with Gasteiger partial charge in [-0.05, 0) is 19.1 Å². The zero-order valence-electron chi connectivity index (χ0n) is 12.4. The van der Waals surface area contributed by atoms with E-state index in [1.54, 1.807) is 19.1 Å². The molecule has 1 atom stereocenters. The van der Waals surface area contributed by atoms with Crippen LogP contribution in [0.3, 0.4) is 0 Å². The molecule has 120 valence electrons. The van der Waals surface area contributed by atoms with Crippen LogP contribution in [0, 0.1) is 0 Å². The SMILES string of the molecule is CC(O)CCOc1cc(O)c2c(=O)c3c(O)cccc3oc2c1. The second-order valence-electron chi connectivity index (χ2n) is 5.38. The maximum Gasteiger partial charge on any atom is 0.208 e. The number of rotatable bonds is 4. The highest BCUT2D eigenvalue weighted by Crippen LogP contribution is 2.32. The van der Waals surface area contributed by atoms with Gasteiger partial charge in [0.15, 0.2) is 0 Å². The Balaban J connectivity index is 2.14. The molecule has 1 aromatic heterocycles. The van der Waals surface area contributed by atoms with Crippen molar-refractivity contribution in [2.45, 2.75) is 19.4 Å². The fraction of sp³-hybridized carbons (Fsp3) is 0.235. The van der Waals surface area contributed by atoms with Crippen molar-refractivity contribution in [2.75, 3.05) is 6.61 Å². The molecule has 0 spiro atoms. The lowest BCUT2D eigenvalue weighted by atomic mass is 10.1. The molecule has 0 aliphatic heterocycles. The molecule has 0 fully saturated rings. The zero-order valence-corrected chi connectivity index (χ0v) is 12.4. The van der Waals surface area contributed by atoms with Gasteiger partial charge in [-0.25, -0.2) is 0 Å². The Hall–Kier alpha value is -2.73. The zero-order chi connectivity index (χ0) is 16.6. The molecular weight excluding hydrogens is 300 g/mol. The van der Waals surface area contributed by atoms with Crippen LogP contribution in [0.2, 0.25) is 0 Å². The van der Waals surface area contributed by atoms with Crippen LogP contribution in [0.1, 0.15) is 13.3 Å². The number of fused-ring (bicyclic) bond motifs is 2. The minimum Gasteiger partial charge on any atom is -0.507 e. The number of benzene rings is 2. The molecule has 0 saturated carbocycles. The van der Waals surface area contributed by atoms with E-state index in [-0.39, 0.29) is 40.0 Å². The molecule has 3 rings (SSSR count). The molecule has 0 amide bonds. The number of aromatic hydroxyl groups is 2. The summed E-state index contributed by atoms with van der Waals surface area (Å²) < 4.78 is 11.1. The van der Waals surface area contributed by atoms with Gasteiger partial charge in [0.2, 0.25) is 5.43 Å². The smallest absolute Gasteiger partial charge is 0.208 e. The summed E-state index contributed by atoms with van der Waals surface area (Å²) in [5.74, 6) is -0.151. The monoisotopic (exact) mass is 316 g/mol. The van der Waals surface area contributed by atoms with E-state index in [1.807, 2.05) is 0 Å². The molecule has 0 bridgehead atoms. The molecular formula is C17H16O6. The maximum absolute atomic E-state index is 12.5. The van der Waals surface area contributed by atoms with Gasteiger partial charge in [-0.15, -0.1) is 0 Å². The quantitative estimate of drug-likeness (QED) is 0.639. The first-order chi connectivity index (χ1) is 11.0. The minimum absolute atomic E-state index is 0.0122. The first kappa shape index (κ1) is 15.2. The van der Waals surface area contributed by atoms with Gasteiger partial charge < -0.3 is 24.5 Å². The van der Waals surface area contributed by atoms with E-state index in [4.69, 9.17) is 9.15 Å². The molecule has 3 aromatic rings. The van der Waals surface area contributed by atoms with Crippen molar-refractivity contribution < 1.29 is 24.5 Å². The number of phenols is 2. The predicted molar refractivity (Wildman–Crippen MR) is 85.1 cm³/mol. The van der Waals surface area contributed by atoms with Gasteiger partial charge in [-0.3, -0.25) is 4.79 Å². The van der Waals surface area contributed by atoms with E-state index in [1.165, 1.54) is 18.2 Å². The number of hydrogen-bond donors (Lipinski definition) is 3. The first-order valence-corrected chi connectivity index (χ1v) is 7.19. The number of aliphatic hydroxyl groups is 1. The van der Waals surface area contributed by atoms with Crippen LogP contribution in [0.15, 0.2) is 39.5 Å². The summed E-state index contributed by atoms with van der Waals surface area (Å²) in [6.07, 6.45) is -0.0529. The van der Waals surface area contributed by atoms with Gasteiger partial charge in [-0.2, -0.15) is 0 Å². The molecule has 6 heteroatoms. The summed E-state index contributed by atoms with van der Waals surface area (Å²) in [5, 5.41) is 29.2. The van der Waals surface area contributed by atoms with Gasteiger partial charge in [0.25, 0.3) is 0 Å². The summed E-state index contributed by atoms with van der Waals surface area (Å²) in [6.45, 7) is 1.92. The van der Waals surface area contributed by atoms with E-state index < -0.39 is 11.5 Å². The molecule has 1 unspecified atom stereocenters. The highest BCUT2D eigenvalue weighted by molar-refractivity contribution is 5.96. The molecule has 0 radical (unpaired) electrons. The Morgan fingerprint density at radius 3 is 2.61 bits per heavy atom. The van der Waals surface area contributed by atoms with Crippen molar-refractivity contribution in [3.05, 3.63) is 40.6 Å². The first-order valence-electron chi connectivity index (χ1n) is 7.19. The van der Waals surface area contributed by atoms with Crippen molar-refractivity contribution in [3.8, 4) is 17.2 Å². The molecule has 3 N–H and O–H groups in total. The molecule has 1 heterocycles. The van der Waals surface area contributed by atoms with Crippen LogP contribution >= 0.6 is 0 Å². The number of hydrogen-bond acceptors (Lipinski definition) is 6. The second-order valence-corrected chi connectivity index (χ2v) is 5.38. The van der Waals surface area contributed by atoms with Gasteiger partial charge in [-0.1, -0.05) is 6.07 Å². The number of phenolic OH excluding ortho intramolecular Hbond substituents is 2. The largest absolute Gasteiger partial charge is 0.507 e. The summed E-state index contributed by atoms with van der Waals surface area (Å²) in [7, 11) is 0. The lowest BCUT2D eigenvalue weighted by molar-refractivity contribution is 0.155. The summed E-state index contributed by atoms with van der Waals surface area (Å²) in [5.41, 5.74) is -0.115. The maximum atomic E-state index is 12.5. The van der Waals surface area contributed by atoms with E-state index in [0.717, 1.165) is 0 Å². The third-order valence-corrected chi connectivity index (χ3v) is 3.54. The predicted octanol–water partition coefficient (Wildman–Crippen LogP) is 2.51. The Morgan fingerprint density at radius 2 is 1.87 bits per heavy atom. The molecule has 6 nitrogen and oxygen atoms in total. The van der Waals surface area contributed by atoms with Crippen LogP contribution < -0.4 is 10.2 Å². The van der Waals surface area contributed by atoms with Crippen molar-refractivity contribution in [1.29, 1.82) is 0 Å². The second kappa shape index (κ2) is 5.81. The molecule has 0 aliphatic rings. The number of aliphatic hydroxyl groups excluding tert-OH is 1. The third-order valence-electron chi connectivity index (χ3n) is 3.54. The Morgan fingerprint density at radius 1 is 1.13 bits per heavy atom. The van der Waals surface area contributed by atoms with Crippen molar-refractivity contribution in [3.63, 3.8) is 0 Å². The minimum atomic E-state index is -0.507. The molecule has 2 aromatic carbocycles. The van der Waals surface area contributed by atoms with E-state index in [0.29, 0.717) is 12.2 Å². The van der Waals surface area contributed by atoms with Crippen LogP contribution in [0.25, 0.3) is 21.9 Å². The van der Waals surface area contributed by atoms with Gasteiger partial charge in [0.1, 0.15) is 39.2 Å². The van der Waals surface area contributed by atoms with E-state index >= 15 is 0 Å². The molecule has 0 saturated heterocycles. The number of ether oxygens (including phenoxy) is 1. The van der Waals surface area contributed by atoms with Crippen molar-refractivity contribution >= 4 is 21.9 Å². The van der Waals surface area contributed by atoms with Gasteiger partial charge in [0, 0.05) is 18.6 Å². The summed E-state index contributed by atoms with van der Waals surface area (Å²) in [6, 6.07) is 7.33. The van der Waals surface area contributed by atoms with Crippen LogP contribution in [-0.4, -0.2) is 28.0 Å². The average Bonchev–Trinajstić information content (AvgIpc) is 2.46. The van der Waals surface area contributed by atoms with Crippen LogP contribution in [0.4, 0.5) is 0 Å². The van der Waals surface area contributed by atoms with Gasteiger partial charge in [0.05, 0.1) is 12.7 Å². The summed E-state index contributed by atoms with van der Waals surface area (Å²) >= 11 is 0. The topological polar surface area (TPSA) is 100 Å². The van der Waals surface area contributed by atoms with E-state index in [2.05, 4.69) is 0 Å². The Bertz CT molecular complexity index is 926. The highest BCUT2D eigenvalue weighted by Gasteiger charge is 2.15. The van der Waals surface area contributed by atoms with Gasteiger partial charge >= 0.3 is 0 Å². The standard InChI is InChI=1S/C17H16O6/c1-9(18)5-6-22-10-7-12(20)16-14(8-10)23-13-4-2-3-11(19)15(13)17(16)21/h2-4,7-9,18-20H,5-6H2,1H3. The van der Waals surface area contributed by atoms with Crippen molar-refractivity contribution in [2.24, 2.45) is 0 Å². The lowest BCUT2D eigenvalue weighted by Crippen LogP contribution is -2.08. The highest BCUT2D eigenvalue weighted by atomic mass is 16.5. The Labute approximate surface area is 131 Å². The summed E-state index contributed by atoms with van der Waals surface area (Å²) in [4.78, 5) is 12.5. The van der Waals surface area contributed by atoms with Crippen LogP contribution in [-0.2, 0) is 0 Å². The van der Waals surface area contributed by atoms with Crippen molar-refractivity contribution in [1.82, 2.24) is 0 Å². The van der Waals surface area contributed by atoms with E-state index in [9.17, 15) is 20.1 Å². The van der Waals surface area contributed by atoms with Crippen LogP contribution in [0.5, 0.6) is 17.2 Å². The normalized spacial score (nSPS) is 12.6. The lowest BCUT2D eigenvalue weighted by Gasteiger charge is -2.10. The Kier molecular flexibility index (Phi) is 3.83. The fourth-order valence-corrected chi connectivity index (χ4v) is 2.39. The molecule has 0 aliphatic carbocycles.